The van der Waals surface area contributed by atoms with Gasteiger partial charge in [0, 0.05) is 5.57 Å². The summed E-state index contributed by atoms with van der Waals surface area (Å²) in [6.45, 7) is 0. The first-order valence-corrected chi connectivity index (χ1v) is 2.89. The van der Waals surface area contributed by atoms with Gasteiger partial charge in [-0.25, -0.2) is 0 Å². The van der Waals surface area contributed by atoms with Crippen molar-refractivity contribution in [2.75, 3.05) is 0 Å². The van der Waals surface area contributed by atoms with Crippen LogP contribution in [0.3, 0.4) is 0 Å². The monoisotopic (exact) mass is 118 g/mol. The van der Waals surface area contributed by atoms with Crippen LogP contribution < -0.4 is 0 Å². The molecule has 1 heteroatoms. The quantitative estimate of drug-likeness (QED) is 0.551. The molecular weight excluding hydrogens is 112 g/mol. The molecule has 0 amide bonds. The average Bonchev–Trinajstić information content (AvgIpc) is 2.11. The van der Waals surface area contributed by atoms with Crippen molar-refractivity contribution in [1.29, 1.82) is 0 Å². The normalized spacial score (nSPS) is 14.9. The van der Waals surface area contributed by atoms with E-state index in [1.54, 1.807) is 6.26 Å². The van der Waals surface area contributed by atoms with Gasteiger partial charge in [0.1, 0.15) is 5.76 Å². The number of hydrogen-bond acceptors (Lipinski definition) is 1. The van der Waals surface area contributed by atoms with Gasteiger partial charge in [0.25, 0.3) is 0 Å². The van der Waals surface area contributed by atoms with Gasteiger partial charge >= 0.3 is 0 Å². The van der Waals surface area contributed by atoms with Gasteiger partial charge in [0.05, 0.1) is 6.26 Å². The lowest BCUT2D eigenvalue weighted by atomic mass is 10.1. The third-order valence-corrected chi connectivity index (χ3v) is 1.36. The molecule has 1 aliphatic rings. The lowest BCUT2D eigenvalue weighted by Crippen LogP contribution is -1.80. The molecule has 0 saturated heterocycles. The van der Waals surface area contributed by atoms with Crippen LogP contribution in [0, 0.1) is 0 Å². The third kappa shape index (κ3) is 0.617. The van der Waals surface area contributed by atoms with Crippen LogP contribution in [0.1, 0.15) is 5.76 Å². The van der Waals surface area contributed by atoms with Crippen molar-refractivity contribution in [3.8, 4) is 0 Å². The predicted octanol–water partition coefficient (Wildman–Crippen LogP) is 2.23. The fourth-order valence-electron chi connectivity index (χ4n) is 0.800. The smallest absolute Gasteiger partial charge is 0.133 e. The molecule has 1 aromatic heterocycles. The topological polar surface area (TPSA) is 13.1 Å². The van der Waals surface area contributed by atoms with E-state index in [1.807, 2.05) is 30.4 Å². The van der Waals surface area contributed by atoms with Crippen LogP contribution in [0.25, 0.3) is 5.57 Å². The fourth-order valence-corrected chi connectivity index (χ4v) is 0.800. The van der Waals surface area contributed by atoms with Crippen LogP contribution in [-0.4, -0.2) is 0 Å². The first-order valence-electron chi connectivity index (χ1n) is 2.89. The Balaban J connectivity index is 2.35. The van der Waals surface area contributed by atoms with Gasteiger partial charge in [0.2, 0.25) is 0 Å². The second-order valence-corrected chi connectivity index (χ2v) is 1.96. The largest absolute Gasteiger partial charge is 0.464 e. The molecule has 0 bridgehead atoms. The lowest BCUT2D eigenvalue weighted by molar-refractivity contribution is 0.554. The van der Waals surface area contributed by atoms with Crippen molar-refractivity contribution >= 4 is 5.57 Å². The van der Waals surface area contributed by atoms with E-state index in [0.717, 1.165) is 5.76 Å². The van der Waals surface area contributed by atoms with Crippen molar-refractivity contribution in [2.45, 2.75) is 0 Å². The first-order chi connectivity index (χ1) is 4.47. The highest BCUT2D eigenvalue weighted by Gasteiger charge is 2.02. The van der Waals surface area contributed by atoms with Crippen LogP contribution in [0.5, 0.6) is 0 Å². The maximum atomic E-state index is 5.12. The van der Waals surface area contributed by atoms with E-state index in [9.17, 15) is 0 Å². The molecule has 0 aromatic carbocycles. The van der Waals surface area contributed by atoms with Gasteiger partial charge in [-0.3, -0.25) is 0 Å². The van der Waals surface area contributed by atoms with Crippen molar-refractivity contribution in [1.82, 2.24) is 0 Å². The second kappa shape index (κ2) is 1.62. The molecule has 0 unspecified atom stereocenters. The van der Waals surface area contributed by atoms with Gasteiger partial charge in [-0.1, -0.05) is 18.2 Å². The highest BCUT2D eigenvalue weighted by Crippen LogP contribution is 2.21. The van der Waals surface area contributed by atoms with Crippen LogP contribution in [0.4, 0.5) is 0 Å². The third-order valence-electron chi connectivity index (χ3n) is 1.36. The van der Waals surface area contributed by atoms with Crippen LogP contribution in [0.15, 0.2) is 41.0 Å². The summed E-state index contributed by atoms with van der Waals surface area (Å²) >= 11 is 0. The second-order valence-electron chi connectivity index (χ2n) is 1.96. The Labute approximate surface area is 53.3 Å². The molecule has 1 aromatic rings. The molecule has 0 N–H and O–H groups in total. The van der Waals surface area contributed by atoms with E-state index in [0.29, 0.717) is 0 Å². The lowest BCUT2D eigenvalue weighted by Gasteiger charge is -2.00. The van der Waals surface area contributed by atoms with E-state index in [-0.39, 0.29) is 0 Å². The summed E-state index contributed by atoms with van der Waals surface area (Å²) in [6.07, 6.45) is 7.73. The average molecular weight is 118 g/mol. The molecule has 1 heterocycles. The SMILES string of the molecule is C1=CC(c2ccco2)=C1. The van der Waals surface area contributed by atoms with Crippen molar-refractivity contribution in [3.05, 3.63) is 42.4 Å². The molecule has 1 nitrogen and oxygen atoms in total. The summed E-state index contributed by atoms with van der Waals surface area (Å²) in [6, 6.07) is 3.84. The molecule has 0 atom stereocenters. The molecule has 0 saturated carbocycles. The van der Waals surface area contributed by atoms with E-state index < -0.39 is 0 Å². The highest BCUT2D eigenvalue weighted by molar-refractivity contribution is 5.78. The minimum atomic E-state index is 0.956. The van der Waals surface area contributed by atoms with Crippen molar-refractivity contribution < 1.29 is 4.42 Å². The standard InChI is InChI=1S/C8H6O/c1-3-7(4-1)8-5-2-6-9-8/h1-6H. The molecule has 1 aliphatic carbocycles. The summed E-state index contributed by atoms with van der Waals surface area (Å²) in [4.78, 5) is 0. The number of hydrogen-bond donors (Lipinski definition) is 0. The zero-order valence-corrected chi connectivity index (χ0v) is 4.87. The Morgan fingerprint density at radius 1 is 1.33 bits per heavy atom. The van der Waals surface area contributed by atoms with Crippen molar-refractivity contribution in [2.24, 2.45) is 0 Å². The van der Waals surface area contributed by atoms with E-state index in [4.69, 9.17) is 4.42 Å². The first kappa shape index (κ1) is 4.62. The summed E-state index contributed by atoms with van der Waals surface area (Å²) in [5.74, 6) is 0.956. The maximum Gasteiger partial charge on any atom is 0.133 e. The molecule has 0 fully saturated rings. The zero-order valence-electron chi connectivity index (χ0n) is 4.87. The Morgan fingerprint density at radius 3 is 2.67 bits per heavy atom. The van der Waals surface area contributed by atoms with Gasteiger partial charge in [-0.05, 0) is 12.1 Å². The Hall–Kier alpha value is -1.24. The van der Waals surface area contributed by atoms with Gasteiger partial charge < -0.3 is 4.42 Å². The molecule has 0 spiro atoms. The van der Waals surface area contributed by atoms with Gasteiger partial charge in [-0.2, -0.15) is 0 Å². The van der Waals surface area contributed by atoms with Gasteiger partial charge in [-0.15, -0.1) is 0 Å². The molecule has 0 aliphatic heterocycles. The Kier molecular flexibility index (Phi) is 0.833. The minimum Gasteiger partial charge on any atom is -0.464 e. The Bertz CT molecular complexity index is 252. The summed E-state index contributed by atoms with van der Waals surface area (Å²) < 4.78 is 5.12. The summed E-state index contributed by atoms with van der Waals surface area (Å²) in [5, 5.41) is 0. The predicted molar refractivity (Wildman–Crippen MR) is 35.8 cm³/mol. The van der Waals surface area contributed by atoms with Crippen LogP contribution in [-0.2, 0) is 0 Å². The minimum absolute atomic E-state index is 0.956. The number of furan rings is 1. The molecule has 9 heavy (non-hydrogen) atoms. The van der Waals surface area contributed by atoms with Crippen LogP contribution in [0.2, 0.25) is 0 Å². The maximum absolute atomic E-state index is 5.12. The van der Waals surface area contributed by atoms with Gasteiger partial charge in [0.15, 0.2) is 0 Å². The van der Waals surface area contributed by atoms with Crippen molar-refractivity contribution in [3.63, 3.8) is 0 Å². The molecule has 0 radical (unpaired) electrons. The molecule has 2 rings (SSSR count). The number of rotatable bonds is 1. The molecular formula is C8H6O. The summed E-state index contributed by atoms with van der Waals surface area (Å²) in [7, 11) is 0. The molecule has 44 valence electrons. The van der Waals surface area contributed by atoms with Crippen LogP contribution >= 0.6 is 0 Å². The highest BCUT2D eigenvalue weighted by atomic mass is 16.3. The number of allylic oxidation sites excluding steroid dienone is 4. The van der Waals surface area contributed by atoms with E-state index in [2.05, 4.69) is 0 Å². The zero-order chi connectivity index (χ0) is 6.10. The fraction of sp³-hybridized carbons (Fsp3) is 0. The van der Waals surface area contributed by atoms with E-state index >= 15 is 0 Å². The summed E-state index contributed by atoms with van der Waals surface area (Å²) in [5.41, 5.74) is 1.18. The van der Waals surface area contributed by atoms with E-state index in [1.165, 1.54) is 5.57 Å². The Morgan fingerprint density at radius 2 is 2.22 bits per heavy atom.